The molecule has 4 aromatic rings. The molecule has 0 fully saturated rings. The highest BCUT2D eigenvalue weighted by Crippen LogP contribution is 2.46. The van der Waals surface area contributed by atoms with Crippen LogP contribution in [0.15, 0.2) is 65.7 Å². The Balaban J connectivity index is 1.55. The van der Waals surface area contributed by atoms with Crippen molar-refractivity contribution in [2.24, 2.45) is 4.99 Å². The molecule has 0 saturated heterocycles. The molecule has 0 amide bonds. The van der Waals surface area contributed by atoms with E-state index < -0.39 is 36.0 Å². The van der Waals surface area contributed by atoms with Crippen molar-refractivity contribution in [1.29, 1.82) is 0 Å². The Morgan fingerprint density at radius 1 is 1.05 bits per heavy atom. The van der Waals surface area contributed by atoms with Gasteiger partial charge in [0, 0.05) is 29.7 Å². The minimum atomic E-state index is -4.70. The van der Waals surface area contributed by atoms with E-state index in [1.165, 1.54) is 36.3 Å². The molecular weight excluding hydrogens is 547 g/mol. The first-order chi connectivity index (χ1) is 19.6. The number of aromatic nitrogens is 1. The second kappa shape index (κ2) is 9.79. The average Bonchev–Trinajstić information content (AvgIpc) is 3.31. The number of benzene rings is 3. The van der Waals surface area contributed by atoms with E-state index in [0.717, 1.165) is 18.2 Å². The fourth-order valence-electron chi connectivity index (χ4n) is 5.64. The highest BCUT2D eigenvalue weighted by atomic mass is 19.4. The molecule has 1 N–H and O–H groups in total. The number of halogens is 5. The molecule has 1 unspecified atom stereocenters. The zero-order chi connectivity index (χ0) is 29.1. The van der Waals surface area contributed by atoms with Crippen molar-refractivity contribution in [2.75, 3.05) is 18.6 Å². The zero-order valence-electron chi connectivity index (χ0n) is 21.6. The van der Waals surface area contributed by atoms with E-state index >= 15 is 4.39 Å². The molecule has 41 heavy (non-hydrogen) atoms. The Kier molecular flexibility index (Phi) is 6.35. The molecule has 1 atom stereocenters. The standard InChI is InChI=1S/C29H23F5N4O3/c1-41-25-9-8-16(29(32,33)34)12-24(25)38-23(14-26(39)40)18-4-2-6-21(31)27(18)35-28(38)36-10-11-37-17(15-36)13-19-20(30)5-3-7-22(19)37/h2-9,12-13,23H,10-11,14-15H2,1H3,(H,39,40). The molecule has 212 valence electrons. The Hall–Kier alpha value is -4.61. The van der Waals surface area contributed by atoms with E-state index in [1.807, 2.05) is 4.57 Å². The predicted molar refractivity (Wildman–Crippen MR) is 141 cm³/mol. The first kappa shape index (κ1) is 26.6. The third-order valence-corrected chi connectivity index (χ3v) is 7.46. The van der Waals surface area contributed by atoms with Gasteiger partial charge in [-0.1, -0.05) is 18.2 Å². The number of para-hydroxylation sites is 1. The molecule has 3 aromatic carbocycles. The molecule has 0 bridgehead atoms. The van der Waals surface area contributed by atoms with Crippen molar-refractivity contribution in [3.63, 3.8) is 0 Å². The van der Waals surface area contributed by atoms with E-state index in [0.29, 0.717) is 23.1 Å². The van der Waals surface area contributed by atoms with Crippen LogP contribution in [-0.2, 0) is 24.1 Å². The van der Waals surface area contributed by atoms with Crippen LogP contribution in [0.25, 0.3) is 10.9 Å². The van der Waals surface area contributed by atoms with E-state index in [1.54, 1.807) is 23.1 Å². The average molecular weight is 571 g/mol. The third kappa shape index (κ3) is 4.52. The normalized spacial score (nSPS) is 16.8. The molecule has 1 aromatic heterocycles. The summed E-state index contributed by atoms with van der Waals surface area (Å²) in [6, 6.07) is 12.3. The molecule has 0 saturated carbocycles. The number of aliphatic imine (C=N–C) groups is 1. The van der Waals surface area contributed by atoms with Crippen molar-refractivity contribution in [2.45, 2.75) is 31.7 Å². The number of carboxylic acids is 1. The molecule has 0 aliphatic carbocycles. The van der Waals surface area contributed by atoms with Gasteiger partial charge in [-0.05, 0) is 42.5 Å². The molecule has 2 aliphatic heterocycles. The van der Waals surface area contributed by atoms with Crippen molar-refractivity contribution in [3.8, 4) is 5.75 Å². The van der Waals surface area contributed by atoms with Crippen molar-refractivity contribution in [1.82, 2.24) is 9.47 Å². The fourth-order valence-corrected chi connectivity index (χ4v) is 5.64. The third-order valence-electron chi connectivity index (χ3n) is 7.46. The largest absolute Gasteiger partial charge is 0.495 e. The van der Waals surface area contributed by atoms with Gasteiger partial charge < -0.3 is 24.2 Å². The second-order valence-corrected chi connectivity index (χ2v) is 9.84. The molecule has 7 nitrogen and oxygen atoms in total. The van der Waals surface area contributed by atoms with Gasteiger partial charge in [-0.25, -0.2) is 13.8 Å². The SMILES string of the molecule is COc1ccc(C(F)(F)F)cc1N1C(N2CCn3c(cc4c(F)cccc43)C2)=Nc2c(F)cccc2C1CC(=O)O. The maximum atomic E-state index is 15.1. The highest BCUT2D eigenvalue weighted by molar-refractivity contribution is 6.02. The van der Waals surface area contributed by atoms with Crippen LogP contribution in [0.1, 0.15) is 29.3 Å². The van der Waals surface area contributed by atoms with Crippen LogP contribution in [0.5, 0.6) is 5.75 Å². The number of fused-ring (bicyclic) bond motifs is 4. The summed E-state index contributed by atoms with van der Waals surface area (Å²) in [4.78, 5) is 19.8. The van der Waals surface area contributed by atoms with Crippen LogP contribution < -0.4 is 9.64 Å². The van der Waals surface area contributed by atoms with Gasteiger partial charge in [0.15, 0.2) is 0 Å². The lowest BCUT2D eigenvalue weighted by atomic mass is 9.96. The number of alkyl halides is 3. The van der Waals surface area contributed by atoms with Crippen LogP contribution in [-0.4, -0.2) is 40.2 Å². The van der Waals surface area contributed by atoms with Gasteiger partial charge >= 0.3 is 12.1 Å². The first-order valence-electron chi connectivity index (χ1n) is 12.7. The molecule has 0 radical (unpaired) electrons. The summed E-state index contributed by atoms with van der Waals surface area (Å²) in [6.07, 6.45) is -5.26. The van der Waals surface area contributed by atoms with Crippen LogP contribution in [0, 0.1) is 11.6 Å². The van der Waals surface area contributed by atoms with Gasteiger partial charge in [0.25, 0.3) is 0 Å². The maximum Gasteiger partial charge on any atom is 0.416 e. The maximum absolute atomic E-state index is 15.1. The summed E-state index contributed by atoms with van der Waals surface area (Å²) in [5.41, 5.74) is 0.489. The minimum Gasteiger partial charge on any atom is -0.495 e. The number of hydrogen-bond donors (Lipinski definition) is 1. The lowest BCUT2D eigenvalue weighted by Gasteiger charge is -2.43. The molecule has 6 rings (SSSR count). The number of rotatable bonds is 4. The number of anilines is 1. The summed E-state index contributed by atoms with van der Waals surface area (Å²) in [7, 11) is 1.29. The molecular formula is C29H23F5N4O3. The number of ether oxygens (including phenoxy) is 1. The molecule has 12 heteroatoms. The Morgan fingerprint density at radius 3 is 2.54 bits per heavy atom. The monoisotopic (exact) mass is 570 g/mol. The number of guanidine groups is 1. The minimum absolute atomic E-state index is 0.0501. The van der Waals surface area contributed by atoms with Crippen LogP contribution in [0.4, 0.5) is 33.3 Å². The van der Waals surface area contributed by atoms with Gasteiger partial charge in [-0.3, -0.25) is 4.79 Å². The van der Waals surface area contributed by atoms with Crippen molar-refractivity contribution in [3.05, 3.63) is 89.1 Å². The number of aliphatic carboxylic acids is 1. The van der Waals surface area contributed by atoms with Crippen LogP contribution >= 0.6 is 0 Å². The fraction of sp³-hybridized carbons (Fsp3) is 0.241. The number of carboxylic acid groups (broad SMARTS) is 1. The van der Waals surface area contributed by atoms with Gasteiger partial charge in [-0.15, -0.1) is 0 Å². The Morgan fingerprint density at radius 2 is 1.80 bits per heavy atom. The summed E-state index contributed by atoms with van der Waals surface area (Å²) >= 11 is 0. The van der Waals surface area contributed by atoms with Gasteiger partial charge in [0.05, 0.1) is 42.9 Å². The second-order valence-electron chi connectivity index (χ2n) is 9.84. The Bertz CT molecular complexity index is 1710. The molecule has 2 aliphatic rings. The lowest BCUT2D eigenvalue weighted by Crippen LogP contribution is -2.50. The summed E-state index contributed by atoms with van der Waals surface area (Å²) in [5, 5.41) is 10.3. The molecule has 0 spiro atoms. The lowest BCUT2D eigenvalue weighted by molar-refractivity contribution is -0.138. The van der Waals surface area contributed by atoms with Gasteiger partial charge in [-0.2, -0.15) is 13.2 Å². The molecule has 3 heterocycles. The number of carbonyl (C=O) groups is 1. The predicted octanol–water partition coefficient (Wildman–Crippen LogP) is 6.49. The van der Waals surface area contributed by atoms with E-state index in [9.17, 15) is 27.5 Å². The van der Waals surface area contributed by atoms with Gasteiger partial charge in [0.1, 0.15) is 23.1 Å². The summed E-state index contributed by atoms with van der Waals surface area (Å²) in [6.45, 7) is 0.824. The zero-order valence-corrected chi connectivity index (χ0v) is 21.6. The number of hydrogen-bond acceptors (Lipinski definition) is 5. The highest BCUT2D eigenvalue weighted by Gasteiger charge is 2.40. The van der Waals surface area contributed by atoms with Crippen LogP contribution in [0.2, 0.25) is 0 Å². The Labute approximate surface area is 230 Å². The van der Waals surface area contributed by atoms with E-state index in [4.69, 9.17) is 4.74 Å². The number of methoxy groups -OCH3 is 1. The van der Waals surface area contributed by atoms with Crippen molar-refractivity contribution >= 4 is 34.2 Å². The summed E-state index contributed by atoms with van der Waals surface area (Å²) < 4.78 is 78.6. The number of nitrogens with zero attached hydrogens (tertiary/aromatic N) is 4. The first-order valence-corrected chi connectivity index (χ1v) is 12.7. The van der Waals surface area contributed by atoms with Gasteiger partial charge in [0.2, 0.25) is 5.96 Å². The van der Waals surface area contributed by atoms with E-state index in [2.05, 4.69) is 4.99 Å². The van der Waals surface area contributed by atoms with Crippen molar-refractivity contribution < 1.29 is 36.6 Å². The topological polar surface area (TPSA) is 70.3 Å². The smallest absolute Gasteiger partial charge is 0.416 e. The summed E-state index contributed by atoms with van der Waals surface area (Å²) in [5.74, 6) is -2.22. The van der Waals surface area contributed by atoms with Crippen LogP contribution in [0.3, 0.4) is 0 Å². The quantitative estimate of drug-likeness (QED) is 0.284. The van der Waals surface area contributed by atoms with E-state index in [-0.39, 0.29) is 47.6 Å².